The zero-order chi connectivity index (χ0) is 10.4. The molecule has 82 valence electrons. The van der Waals surface area contributed by atoms with E-state index in [1.165, 1.54) is 6.42 Å². The molecule has 3 aliphatic heterocycles. The van der Waals surface area contributed by atoms with Gasteiger partial charge in [0.25, 0.3) is 0 Å². The number of hydrogen-bond donors (Lipinski definition) is 1. The third kappa shape index (κ3) is 3.36. The molecule has 0 saturated carbocycles. The maximum Gasteiger partial charge on any atom is 0.133 e. The number of hydrogen-bond acceptors (Lipinski definition) is 4. The summed E-state index contributed by atoms with van der Waals surface area (Å²) in [5.74, 6) is 0. The van der Waals surface area contributed by atoms with Gasteiger partial charge in [0, 0.05) is 38.9 Å². The van der Waals surface area contributed by atoms with Gasteiger partial charge in [-0.25, -0.2) is 0 Å². The third-order valence-corrected chi connectivity index (χ3v) is 2.62. The summed E-state index contributed by atoms with van der Waals surface area (Å²) in [6, 6.07) is 1.36. The molecule has 2 atom stereocenters. The number of piperazine rings is 1. The number of nitrogens with zero attached hydrogens (tertiary/aromatic N) is 1. The summed E-state index contributed by atoms with van der Waals surface area (Å²) in [6.45, 7) is 5.53. The van der Waals surface area contributed by atoms with Crippen molar-refractivity contribution in [1.29, 1.82) is 0 Å². The lowest BCUT2D eigenvalue weighted by molar-refractivity contribution is -0.109. The van der Waals surface area contributed by atoms with Crippen LogP contribution in [0.5, 0.6) is 0 Å². The molecular weight excluding hydrogens is 180 g/mol. The minimum absolute atomic E-state index is 0.620. The highest BCUT2D eigenvalue weighted by molar-refractivity contribution is 5.52. The van der Waals surface area contributed by atoms with Gasteiger partial charge in [0.05, 0.1) is 6.54 Å². The monoisotopic (exact) mass is 200 g/mol. The van der Waals surface area contributed by atoms with E-state index in [0.717, 1.165) is 26.0 Å². The molecule has 0 aliphatic carbocycles. The van der Waals surface area contributed by atoms with Crippen LogP contribution in [0.25, 0.3) is 0 Å². The molecule has 0 aromatic heterocycles. The highest BCUT2D eigenvalue weighted by Gasteiger charge is 2.35. The lowest BCUT2D eigenvalue weighted by Gasteiger charge is -2.47. The molecule has 2 unspecified atom stereocenters. The Morgan fingerprint density at radius 3 is 2.36 bits per heavy atom. The predicted octanol–water partition coefficient (Wildman–Crippen LogP) is -0.116. The van der Waals surface area contributed by atoms with Crippen molar-refractivity contribution in [3.8, 4) is 0 Å². The van der Waals surface area contributed by atoms with Gasteiger partial charge in [-0.3, -0.25) is 4.90 Å². The van der Waals surface area contributed by atoms with Crippen molar-refractivity contribution < 1.29 is 9.53 Å². The van der Waals surface area contributed by atoms with Crippen LogP contribution in [-0.4, -0.2) is 56.6 Å². The Morgan fingerprint density at radius 2 is 2.00 bits per heavy atom. The van der Waals surface area contributed by atoms with Crippen molar-refractivity contribution in [3.63, 3.8) is 0 Å². The Labute approximate surface area is 85.6 Å². The van der Waals surface area contributed by atoms with E-state index in [1.807, 2.05) is 6.92 Å². The minimum atomic E-state index is 0.620. The number of methoxy groups -OCH3 is 1. The fraction of sp³-hybridized carbons (Fsp3) is 0.900. The van der Waals surface area contributed by atoms with Crippen molar-refractivity contribution in [2.45, 2.75) is 25.4 Å². The van der Waals surface area contributed by atoms with Crippen molar-refractivity contribution in [2.75, 3.05) is 33.4 Å². The predicted molar refractivity (Wildman–Crippen MR) is 55.4 cm³/mol. The maximum atomic E-state index is 10.1. The van der Waals surface area contributed by atoms with Crippen LogP contribution in [0.2, 0.25) is 0 Å². The number of ether oxygens (including phenoxy) is 1. The SMILES string of the molecule is CCOC.O=CCN1CC2CC(C1)N2. The Hall–Kier alpha value is -0.450. The topological polar surface area (TPSA) is 41.6 Å². The number of rotatable bonds is 3. The van der Waals surface area contributed by atoms with Crippen molar-refractivity contribution in [3.05, 3.63) is 0 Å². The zero-order valence-corrected chi connectivity index (χ0v) is 9.03. The number of fused-ring (bicyclic) bond motifs is 2. The van der Waals surface area contributed by atoms with Gasteiger partial charge in [-0.1, -0.05) is 0 Å². The van der Waals surface area contributed by atoms with Crippen LogP contribution in [0.15, 0.2) is 0 Å². The van der Waals surface area contributed by atoms with Gasteiger partial charge in [0.15, 0.2) is 0 Å². The molecular formula is C10H20N2O2. The third-order valence-electron chi connectivity index (χ3n) is 2.62. The van der Waals surface area contributed by atoms with Gasteiger partial charge in [-0.15, -0.1) is 0 Å². The van der Waals surface area contributed by atoms with E-state index in [4.69, 9.17) is 0 Å². The molecule has 4 nitrogen and oxygen atoms in total. The second-order valence-corrected chi connectivity index (χ2v) is 3.76. The first-order chi connectivity index (χ1) is 6.80. The molecule has 0 aromatic rings. The van der Waals surface area contributed by atoms with E-state index in [-0.39, 0.29) is 0 Å². The van der Waals surface area contributed by atoms with Crippen LogP contribution < -0.4 is 5.32 Å². The molecule has 3 saturated heterocycles. The Morgan fingerprint density at radius 1 is 1.50 bits per heavy atom. The maximum absolute atomic E-state index is 10.1. The first-order valence-electron chi connectivity index (χ1n) is 5.21. The van der Waals surface area contributed by atoms with Gasteiger partial charge in [-0.2, -0.15) is 0 Å². The van der Waals surface area contributed by atoms with Gasteiger partial charge in [-0.05, 0) is 13.3 Å². The summed E-state index contributed by atoms with van der Waals surface area (Å²) in [5.41, 5.74) is 0. The smallest absolute Gasteiger partial charge is 0.133 e. The quantitative estimate of drug-likeness (QED) is 0.645. The first-order valence-corrected chi connectivity index (χ1v) is 5.21. The Kier molecular flexibility index (Phi) is 5.07. The summed E-state index contributed by atoms with van der Waals surface area (Å²) >= 11 is 0. The summed E-state index contributed by atoms with van der Waals surface area (Å²) in [6.07, 6.45) is 2.31. The molecule has 3 rings (SSSR count). The summed E-state index contributed by atoms with van der Waals surface area (Å²) in [5, 5.41) is 3.41. The molecule has 1 N–H and O–H groups in total. The van der Waals surface area contributed by atoms with Crippen molar-refractivity contribution >= 4 is 6.29 Å². The van der Waals surface area contributed by atoms with Gasteiger partial charge < -0.3 is 14.8 Å². The van der Waals surface area contributed by atoms with E-state index >= 15 is 0 Å². The number of carbonyl (C=O) groups excluding carboxylic acids is 1. The lowest BCUT2D eigenvalue weighted by Crippen LogP contribution is -2.66. The number of nitrogens with one attached hydrogen (secondary N) is 1. The van der Waals surface area contributed by atoms with Gasteiger partial charge in [0.1, 0.15) is 6.29 Å². The molecule has 3 heterocycles. The van der Waals surface area contributed by atoms with Crippen molar-refractivity contribution in [2.24, 2.45) is 0 Å². The van der Waals surface area contributed by atoms with Gasteiger partial charge in [0.2, 0.25) is 0 Å². The van der Waals surface area contributed by atoms with Crippen LogP contribution in [0.3, 0.4) is 0 Å². The first kappa shape index (κ1) is 11.6. The van der Waals surface area contributed by atoms with Crippen LogP contribution in [0.1, 0.15) is 13.3 Å². The molecule has 0 aromatic carbocycles. The molecule has 4 heteroatoms. The standard InChI is InChI=1S/C7H12N2O.C3H8O/c10-2-1-9-4-6-3-7(5-9)8-6;1-3-4-2/h2,6-8H,1,3-5H2;3H2,1-2H3. The molecule has 14 heavy (non-hydrogen) atoms. The Bertz CT molecular complexity index is 158. The fourth-order valence-electron chi connectivity index (χ4n) is 1.86. The Balaban J connectivity index is 0.000000213. The highest BCUT2D eigenvalue weighted by Crippen LogP contribution is 2.19. The number of piperidine rings is 1. The van der Waals surface area contributed by atoms with Crippen LogP contribution in [0, 0.1) is 0 Å². The molecule has 3 aliphatic rings. The highest BCUT2D eigenvalue weighted by atomic mass is 16.5. The largest absolute Gasteiger partial charge is 0.385 e. The molecule has 0 radical (unpaired) electrons. The molecule has 0 spiro atoms. The fourth-order valence-corrected chi connectivity index (χ4v) is 1.86. The summed E-state index contributed by atoms with van der Waals surface area (Å²) in [4.78, 5) is 12.3. The molecule has 0 amide bonds. The van der Waals surface area contributed by atoms with E-state index in [0.29, 0.717) is 18.6 Å². The summed E-state index contributed by atoms with van der Waals surface area (Å²) < 4.78 is 4.54. The van der Waals surface area contributed by atoms with E-state index in [2.05, 4.69) is 15.0 Å². The normalized spacial score (nSPS) is 29.9. The van der Waals surface area contributed by atoms with Crippen LogP contribution in [0.4, 0.5) is 0 Å². The summed E-state index contributed by atoms with van der Waals surface area (Å²) in [7, 11) is 1.68. The lowest BCUT2D eigenvalue weighted by atomic mass is 9.91. The average Bonchev–Trinajstić information content (AvgIpc) is 2.18. The van der Waals surface area contributed by atoms with Crippen LogP contribution in [-0.2, 0) is 9.53 Å². The molecule has 2 bridgehead atoms. The number of carbonyl (C=O) groups is 1. The average molecular weight is 200 g/mol. The van der Waals surface area contributed by atoms with E-state index < -0.39 is 0 Å². The number of aldehydes is 1. The zero-order valence-electron chi connectivity index (χ0n) is 9.03. The van der Waals surface area contributed by atoms with E-state index in [9.17, 15) is 4.79 Å². The second kappa shape index (κ2) is 6.11. The minimum Gasteiger partial charge on any atom is -0.385 e. The van der Waals surface area contributed by atoms with Crippen molar-refractivity contribution in [1.82, 2.24) is 10.2 Å². The second-order valence-electron chi connectivity index (χ2n) is 3.76. The van der Waals surface area contributed by atoms with Gasteiger partial charge >= 0.3 is 0 Å². The van der Waals surface area contributed by atoms with E-state index in [1.54, 1.807) is 7.11 Å². The molecule has 3 fully saturated rings. The van der Waals surface area contributed by atoms with Crippen LogP contribution >= 0.6 is 0 Å².